The average molecular weight is 257 g/mol. The summed E-state index contributed by atoms with van der Waals surface area (Å²) in [5.74, 6) is 0. The molecule has 0 heterocycles. The number of sulfonamides is 1. The van der Waals surface area contributed by atoms with E-state index < -0.39 is 15.3 Å². The number of aliphatic hydroxyl groups excluding tert-OH is 1. The summed E-state index contributed by atoms with van der Waals surface area (Å²) in [6.07, 6.45) is 0. The minimum atomic E-state index is -3.49. The predicted molar refractivity (Wildman–Crippen MR) is 69.8 cm³/mol. The van der Waals surface area contributed by atoms with Gasteiger partial charge in [-0.05, 0) is 44.0 Å². The first kappa shape index (κ1) is 14.0. The van der Waals surface area contributed by atoms with Crippen molar-refractivity contribution in [3.8, 4) is 0 Å². The Balaban J connectivity index is 3.16. The van der Waals surface area contributed by atoms with E-state index in [9.17, 15) is 8.42 Å². The molecular weight excluding hydrogens is 238 g/mol. The van der Waals surface area contributed by atoms with E-state index >= 15 is 0 Å². The van der Waals surface area contributed by atoms with Gasteiger partial charge in [-0.25, -0.2) is 8.42 Å². The maximum Gasteiger partial charge on any atom is 0.239 e. The molecule has 0 aliphatic rings. The van der Waals surface area contributed by atoms with Crippen molar-refractivity contribution in [2.75, 3.05) is 18.0 Å². The normalized spacial score (nSPS) is 13.5. The van der Waals surface area contributed by atoms with Gasteiger partial charge in [0, 0.05) is 7.05 Å². The third-order valence-corrected chi connectivity index (χ3v) is 4.86. The molecule has 1 aromatic rings. The number of aliphatic hydroxyl groups is 1. The van der Waals surface area contributed by atoms with Crippen molar-refractivity contribution in [3.63, 3.8) is 0 Å². The van der Waals surface area contributed by atoms with Gasteiger partial charge in [0.2, 0.25) is 10.0 Å². The Hall–Kier alpha value is -1.07. The average Bonchev–Trinajstić information content (AvgIpc) is 2.25. The highest BCUT2D eigenvalue weighted by Crippen LogP contribution is 2.21. The van der Waals surface area contributed by atoms with Crippen LogP contribution in [0.25, 0.3) is 0 Å². The molecule has 17 heavy (non-hydrogen) atoms. The van der Waals surface area contributed by atoms with Gasteiger partial charge >= 0.3 is 0 Å². The van der Waals surface area contributed by atoms with E-state index in [-0.39, 0.29) is 6.61 Å². The van der Waals surface area contributed by atoms with Gasteiger partial charge in [-0.15, -0.1) is 0 Å². The zero-order chi connectivity index (χ0) is 13.2. The van der Waals surface area contributed by atoms with Crippen LogP contribution < -0.4 is 4.31 Å². The minimum absolute atomic E-state index is 0.378. The quantitative estimate of drug-likeness (QED) is 0.888. The summed E-state index contributed by atoms with van der Waals surface area (Å²) in [7, 11) is -1.98. The second kappa shape index (κ2) is 5.06. The third-order valence-electron chi connectivity index (χ3n) is 2.72. The summed E-state index contributed by atoms with van der Waals surface area (Å²) < 4.78 is 25.3. The predicted octanol–water partition coefficient (Wildman–Crippen LogP) is 1.45. The molecule has 0 aliphatic heterocycles. The molecule has 5 heteroatoms. The Kier molecular flexibility index (Phi) is 4.16. The lowest BCUT2D eigenvalue weighted by Crippen LogP contribution is -2.36. The molecule has 96 valence electrons. The van der Waals surface area contributed by atoms with Crippen LogP contribution in [0.15, 0.2) is 18.2 Å². The van der Waals surface area contributed by atoms with Crippen LogP contribution in [-0.2, 0) is 10.0 Å². The van der Waals surface area contributed by atoms with E-state index in [4.69, 9.17) is 5.11 Å². The number of hydrogen-bond acceptors (Lipinski definition) is 3. The molecule has 1 unspecified atom stereocenters. The number of aryl methyl sites for hydroxylation is 2. The van der Waals surface area contributed by atoms with Gasteiger partial charge in [0.1, 0.15) is 5.25 Å². The molecule has 0 radical (unpaired) electrons. The van der Waals surface area contributed by atoms with Crippen molar-refractivity contribution in [2.24, 2.45) is 0 Å². The first-order valence-electron chi connectivity index (χ1n) is 5.46. The maximum atomic E-state index is 12.1. The Labute approximate surface area is 103 Å². The lowest BCUT2D eigenvalue weighted by Gasteiger charge is -2.23. The molecule has 0 saturated carbocycles. The van der Waals surface area contributed by atoms with Gasteiger partial charge in [-0.1, -0.05) is 6.07 Å². The van der Waals surface area contributed by atoms with Gasteiger partial charge in [-0.3, -0.25) is 4.31 Å². The van der Waals surface area contributed by atoms with Gasteiger partial charge in [0.25, 0.3) is 0 Å². The van der Waals surface area contributed by atoms with Crippen molar-refractivity contribution >= 4 is 15.7 Å². The summed E-state index contributed by atoms with van der Waals surface area (Å²) in [4.78, 5) is 0. The molecule has 0 bridgehead atoms. The largest absolute Gasteiger partial charge is 0.395 e. The Morgan fingerprint density at radius 1 is 1.24 bits per heavy atom. The monoisotopic (exact) mass is 257 g/mol. The zero-order valence-electron chi connectivity index (χ0n) is 10.6. The van der Waals surface area contributed by atoms with Gasteiger partial charge < -0.3 is 5.11 Å². The van der Waals surface area contributed by atoms with Crippen molar-refractivity contribution in [3.05, 3.63) is 29.3 Å². The van der Waals surface area contributed by atoms with E-state index in [0.29, 0.717) is 5.69 Å². The Morgan fingerprint density at radius 3 is 2.12 bits per heavy atom. The fourth-order valence-electron chi connectivity index (χ4n) is 1.64. The summed E-state index contributed by atoms with van der Waals surface area (Å²) >= 11 is 0. The molecule has 1 N–H and O–H groups in total. The van der Waals surface area contributed by atoms with Crippen LogP contribution in [0.1, 0.15) is 18.1 Å². The van der Waals surface area contributed by atoms with Crippen LogP contribution in [0.2, 0.25) is 0 Å². The first-order chi connectivity index (χ1) is 7.78. The van der Waals surface area contributed by atoms with Crippen LogP contribution in [0.4, 0.5) is 5.69 Å². The summed E-state index contributed by atoms with van der Waals surface area (Å²) in [5, 5.41) is 8.17. The molecular formula is C12H19NO3S. The summed E-state index contributed by atoms with van der Waals surface area (Å²) in [6, 6.07) is 5.61. The second-order valence-electron chi connectivity index (χ2n) is 4.35. The molecule has 0 aliphatic carbocycles. The van der Waals surface area contributed by atoms with Crippen molar-refractivity contribution < 1.29 is 13.5 Å². The molecule has 4 nitrogen and oxygen atoms in total. The highest BCUT2D eigenvalue weighted by atomic mass is 32.2. The van der Waals surface area contributed by atoms with E-state index in [1.54, 1.807) is 0 Å². The van der Waals surface area contributed by atoms with Gasteiger partial charge in [0.15, 0.2) is 0 Å². The first-order valence-corrected chi connectivity index (χ1v) is 6.96. The van der Waals surface area contributed by atoms with Crippen LogP contribution >= 0.6 is 0 Å². The number of rotatable bonds is 4. The highest BCUT2D eigenvalue weighted by Gasteiger charge is 2.25. The fourth-order valence-corrected chi connectivity index (χ4v) is 2.77. The third kappa shape index (κ3) is 2.98. The van der Waals surface area contributed by atoms with Gasteiger partial charge in [0.05, 0.1) is 12.3 Å². The lowest BCUT2D eigenvalue weighted by molar-refractivity contribution is 0.295. The number of anilines is 1. The van der Waals surface area contributed by atoms with E-state index in [0.717, 1.165) is 11.1 Å². The summed E-state index contributed by atoms with van der Waals surface area (Å²) in [6.45, 7) is 4.96. The van der Waals surface area contributed by atoms with Crippen molar-refractivity contribution in [1.29, 1.82) is 0 Å². The SMILES string of the molecule is Cc1cc(C)cc(N(C)S(=O)(=O)C(C)CO)c1. The highest BCUT2D eigenvalue weighted by molar-refractivity contribution is 7.93. The molecule has 0 fully saturated rings. The van der Waals surface area contributed by atoms with Crippen LogP contribution in [0.3, 0.4) is 0 Å². The zero-order valence-corrected chi connectivity index (χ0v) is 11.5. The molecule has 0 aromatic heterocycles. The standard InChI is InChI=1S/C12H19NO3S/c1-9-5-10(2)7-12(6-9)13(4)17(15,16)11(3)8-14/h5-7,11,14H,8H2,1-4H3. The van der Waals surface area contributed by atoms with E-state index in [1.807, 2.05) is 32.0 Å². The lowest BCUT2D eigenvalue weighted by atomic mass is 10.1. The number of benzene rings is 1. The maximum absolute atomic E-state index is 12.1. The summed E-state index contributed by atoms with van der Waals surface area (Å²) in [5.41, 5.74) is 2.65. The van der Waals surface area contributed by atoms with Gasteiger partial charge in [-0.2, -0.15) is 0 Å². The Morgan fingerprint density at radius 2 is 1.71 bits per heavy atom. The topological polar surface area (TPSA) is 57.6 Å². The second-order valence-corrected chi connectivity index (χ2v) is 6.73. The van der Waals surface area contributed by atoms with Crippen LogP contribution in [0.5, 0.6) is 0 Å². The van der Waals surface area contributed by atoms with E-state index in [1.165, 1.54) is 18.3 Å². The smallest absolute Gasteiger partial charge is 0.239 e. The van der Waals surface area contributed by atoms with Crippen LogP contribution in [0, 0.1) is 13.8 Å². The molecule has 1 atom stereocenters. The molecule has 0 saturated heterocycles. The van der Waals surface area contributed by atoms with Crippen molar-refractivity contribution in [2.45, 2.75) is 26.0 Å². The van der Waals surface area contributed by atoms with Crippen LogP contribution in [-0.4, -0.2) is 32.4 Å². The number of nitrogens with zero attached hydrogens (tertiary/aromatic N) is 1. The fraction of sp³-hybridized carbons (Fsp3) is 0.500. The molecule has 0 spiro atoms. The molecule has 1 aromatic carbocycles. The minimum Gasteiger partial charge on any atom is -0.395 e. The van der Waals surface area contributed by atoms with Crippen molar-refractivity contribution in [1.82, 2.24) is 0 Å². The molecule has 0 amide bonds. The number of hydrogen-bond donors (Lipinski definition) is 1. The van der Waals surface area contributed by atoms with E-state index in [2.05, 4.69) is 0 Å². The molecule has 1 rings (SSSR count). The Bertz CT molecular complexity index is 476.